The number of amides is 1. The number of nitrogens with one attached hydrogen (secondary N) is 1. The third-order valence-corrected chi connectivity index (χ3v) is 7.54. The lowest BCUT2D eigenvalue weighted by Gasteiger charge is -2.30. The number of hydrogen-bond donors (Lipinski definition) is 1. The van der Waals surface area contributed by atoms with Crippen LogP contribution >= 0.6 is 0 Å². The van der Waals surface area contributed by atoms with Crippen molar-refractivity contribution in [1.29, 1.82) is 0 Å². The summed E-state index contributed by atoms with van der Waals surface area (Å²) in [5.74, 6) is 0.317. The van der Waals surface area contributed by atoms with E-state index in [1.165, 1.54) is 9.87 Å². The molecule has 1 aromatic heterocycles. The first-order chi connectivity index (χ1) is 14.9. The minimum Gasteiger partial charge on any atom is -0.311 e. The van der Waals surface area contributed by atoms with Crippen molar-refractivity contribution >= 4 is 21.7 Å². The van der Waals surface area contributed by atoms with Gasteiger partial charge in [-0.15, -0.1) is 0 Å². The van der Waals surface area contributed by atoms with Crippen molar-refractivity contribution in [3.05, 3.63) is 78.0 Å². The maximum absolute atomic E-state index is 12.8. The fourth-order valence-electron chi connectivity index (χ4n) is 3.76. The van der Waals surface area contributed by atoms with Crippen LogP contribution in [0.3, 0.4) is 0 Å². The van der Waals surface area contributed by atoms with Gasteiger partial charge in [-0.2, -0.15) is 9.40 Å². The van der Waals surface area contributed by atoms with E-state index in [2.05, 4.69) is 10.4 Å². The third-order valence-electron chi connectivity index (χ3n) is 5.63. The Hall–Kier alpha value is -2.97. The third kappa shape index (κ3) is 4.86. The maximum Gasteiger partial charge on any atom is 0.243 e. The Labute approximate surface area is 182 Å². The minimum atomic E-state index is -3.52. The standard InChI is InChI=1S/C23H26N4O3S/c1-18-7-9-19(10-8-18)17-27-22(11-14-24-27)25-23(28)20-12-15-26(16-13-20)31(29,30)21-5-3-2-4-6-21/h2-11,14,20H,12-13,15-17H2,1H3,(H,25,28). The molecule has 1 N–H and O–H groups in total. The van der Waals surface area contributed by atoms with E-state index in [9.17, 15) is 13.2 Å². The largest absolute Gasteiger partial charge is 0.311 e. The minimum absolute atomic E-state index is 0.0950. The van der Waals surface area contributed by atoms with Crippen molar-refractivity contribution in [2.75, 3.05) is 18.4 Å². The van der Waals surface area contributed by atoms with Gasteiger partial charge >= 0.3 is 0 Å². The number of piperidine rings is 1. The number of benzene rings is 2. The summed E-state index contributed by atoms with van der Waals surface area (Å²) in [6.07, 6.45) is 2.65. The van der Waals surface area contributed by atoms with E-state index in [-0.39, 0.29) is 16.7 Å². The highest BCUT2D eigenvalue weighted by Crippen LogP contribution is 2.25. The molecule has 1 amide bonds. The number of nitrogens with zero attached hydrogens (tertiary/aromatic N) is 3. The number of aryl methyl sites for hydroxylation is 1. The fourth-order valence-corrected chi connectivity index (χ4v) is 5.25. The summed E-state index contributed by atoms with van der Waals surface area (Å²) in [5.41, 5.74) is 2.29. The highest BCUT2D eigenvalue weighted by Gasteiger charge is 2.32. The average molecular weight is 439 g/mol. The highest BCUT2D eigenvalue weighted by molar-refractivity contribution is 7.89. The van der Waals surface area contributed by atoms with Gasteiger partial charge in [0.25, 0.3) is 0 Å². The van der Waals surface area contributed by atoms with Gasteiger partial charge in [0, 0.05) is 25.1 Å². The van der Waals surface area contributed by atoms with Crippen molar-refractivity contribution in [1.82, 2.24) is 14.1 Å². The number of aromatic nitrogens is 2. The molecule has 162 valence electrons. The average Bonchev–Trinajstić information content (AvgIpc) is 3.22. The maximum atomic E-state index is 12.8. The first-order valence-corrected chi connectivity index (χ1v) is 11.8. The van der Waals surface area contributed by atoms with Crippen LogP contribution in [0, 0.1) is 12.8 Å². The summed E-state index contributed by atoms with van der Waals surface area (Å²) in [5, 5.41) is 7.30. The summed E-state index contributed by atoms with van der Waals surface area (Å²) < 4.78 is 28.8. The molecule has 8 heteroatoms. The smallest absolute Gasteiger partial charge is 0.243 e. The zero-order valence-electron chi connectivity index (χ0n) is 17.4. The van der Waals surface area contributed by atoms with Gasteiger partial charge in [0.1, 0.15) is 5.82 Å². The zero-order valence-corrected chi connectivity index (χ0v) is 18.3. The number of rotatable bonds is 6. The Morgan fingerprint density at radius 3 is 2.39 bits per heavy atom. The molecule has 4 rings (SSSR count). The summed E-state index contributed by atoms with van der Waals surface area (Å²) in [6.45, 7) is 3.27. The Morgan fingerprint density at radius 1 is 1.03 bits per heavy atom. The molecule has 2 heterocycles. The van der Waals surface area contributed by atoms with Gasteiger partial charge in [0.15, 0.2) is 0 Å². The molecule has 0 radical (unpaired) electrons. The SMILES string of the molecule is Cc1ccc(Cn2nccc2NC(=O)C2CCN(S(=O)(=O)c3ccccc3)CC2)cc1. The van der Waals surface area contributed by atoms with Crippen molar-refractivity contribution in [3.8, 4) is 0 Å². The number of anilines is 1. The molecule has 3 aromatic rings. The van der Waals surface area contributed by atoms with Gasteiger partial charge in [0.05, 0.1) is 17.6 Å². The Kier molecular flexibility index (Phi) is 6.20. The quantitative estimate of drug-likeness (QED) is 0.640. The van der Waals surface area contributed by atoms with Crippen LogP contribution in [0.15, 0.2) is 71.8 Å². The molecule has 0 bridgehead atoms. The molecule has 1 fully saturated rings. The molecule has 2 aromatic carbocycles. The molecule has 31 heavy (non-hydrogen) atoms. The fraction of sp³-hybridized carbons (Fsp3) is 0.304. The predicted octanol–water partition coefficient (Wildman–Crippen LogP) is 3.28. The van der Waals surface area contributed by atoms with Crippen LogP contribution in [0.2, 0.25) is 0 Å². The van der Waals surface area contributed by atoms with E-state index in [1.807, 2.05) is 31.2 Å². The topological polar surface area (TPSA) is 84.3 Å². The van der Waals surface area contributed by atoms with Crippen LogP contribution in [0.25, 0.3) is 0 Å². The van der Waals surface area contributed by atoms with Crippen LogP contribution < -0.4 is 5.32 Å². The molecule has 0 saturated carbocycles. The first kappa shape index (κ1) is 21.3. The molecule has 0 atom stereocenters. The summed E-state index contributed by atoms with van der Waals surface area (Å²) >= 11 is 0. The summed E-state index contributed by atoms with van der Waals surface area (Å²) in [7, 11) is -3.52. The number of sulfonamides is 1. The molecule has 0 unspecified atom stereocenters. The molecular weight excluding hydrogens is 412 g/mol. The molecule has 1 aliphatic rings. The van der Waals surface area contributed by atoms with E-state index < -0.39 is 10.0 Å². The van der Waals surface area contributed by atoms with Crippen LogP contribution in [0.1, 0.15) is 24.0 Å². The molecule has 1 aliphatic heterocycles. The summed E-state index contributed by atoms with van der Waals surface area (Å²) in [6, 6.07) is 18.4. The van der Waals surface area contributed by atoms with Crippen molar-refractivity contribution in [2.24, 2.45) is 5.92 Å². The van der Waals surface area contributed by atoms with Gasteiger partial charge in [0.2, 0.25) is 15.9 Å². The molecule has 0 aliphatic carbocycles. The Bertz CT molecular complexity index is 1130. The Morgan fingerprint density at radius 2 is 1.71 bits per heavy atom. The molecule has 1 saturated heterocycles. The van der Waals surface area contributed by atoms with E-state index in [0.29, 0.717) is 38.3 Å². The van der Waals surface area contributed by atoms with Crippen LogP contribution in [0.4, 0.5) is 5.82 Å². The lowest BCUT2D eigenvalue weighted by atomic mass is 9.97. The normalized spacial score (nSPS) is 15.6. The van der Waals surface area contributed by atoms with Crippen molar-refractivity contribution in [3.63, 3.8) is 0 Å². The highest BCUT2D eigenvalue weighted by atomic mass is 32.2. The molecular formula is C23H26N4O3S. The monoisotopic (exact) mass is 438 g/mol. The molecule has 7 nitrogen and oxygen atoms in total. The number of hydrogen-bond acceptors (Lipinski definition) is 4. The second kappa shape index (κ2) is 9.03. The van der Waals surface area contributed by atoms with E-state index in [4.69, 9.17) is 0 Å². The van der Waals surface area contributed by atoms with E-state index in [0.717, 1.165) is 5.56 Å². The van der Waals surface area contributed by atoms with Crippen molar-refractivity contribution < 1.29 is 13.2 Å². The second-order valence-corrected chi connectivity index (χ2v) is 9.78. The van der Waals surface area contributed by atoms with Crippen molar-refractivity contribution in [2.45, 2.75) is 31.2 Å². The van der Waals surface area contributed by atoms with Crippen LogP contribution in [-0.4, -0.2) is 41.5 Å². The van der Waals surface area contributed by atoms with Gasteiger partial charge in [-0.3, -0.25) is 4.79 Å². The van der Waals surface area contributed by atoms with Crippen LogP contribution in [0.5, 0.6) is 0 Å². The van der Waals surface area contributed by atoms with Gasteiger partial charge < -0.3 is 5.32 Å². The summed E-state index contributed by atoms with van der Waals surface area (Å²) in [4.78, 5) is 13.1. The predicted molar refractivity (Wildman–Crippen MR) is 119 cm³/mol. The van der Waals surface area contributed by atoms with Gasteiger partial charge in [-0.05, 0) is 37.5 Å². The number of carbonyl (C=O) groups excluding carboxylic acids is 1. The second-order valence-electron chi connectivity index (χ2n) is 7.84. The van der Waals surface area contributed by atoms with E-state index in [1.54, 1.807) is 47.3 Å². The lowest BCUT2D eigenvalue weighted by molar-refractivity contribution is -0.121. The number of carbonyl (C=O) groups is 1. The zero-order chi connectivity index (χ0) is 21.8. The lowest BCUT2D eigenvalue weighted by Crippen LogP contribution is -2.41. The van der Waals surface area contributed by atoms with Gasteiger partial charge in [-0.1, -0.05) is 48.0 Å². The first-order valence-electron chi connectivity index (χ1n) is 10.4. The van der Waals surface area contributed by atoms with Crippen LogP contribution in [-0.2, 0) is 21.4 Å². The molecule has 0 spiro atoms. The Balaban J connectivity index is 1.36. The van der Waals surface area contributed by atoms with Gasteiger partial charge in [-0.25, -0.2) is 13.1 Å². The van der Waals surface area contributed by atoms with E-state index >= 15 is 0 Å².